The van der Waals surface area contributed by atoms with E-state index in [1.807, 2.05) is 0 Å². The Kier molecular flexibility index (Phi) is 6.06. The van der Waals surface area contributed by atoms with Gasteiger partial charge in [-0.1, -0.05) is 41.9 Å². The first kappa shape index (κ1) is 16.0. The average Bonchev–Trinajstić information content (AvgIpc) is 2.32. The van der Waals surface area contributed by atoms with Crippen LogP contribution in [0.2, 0.25) is 0 Å². The van der Waals surface area contributed by atoms with Gasteiger partial charge in [0.05, 0.1) is 0 Å². The number of benzene rings is 1. The summed E-state index contributed by atoms with van der Waals surface area (Å²) in [5.74, 6) is 1.57. The van der Waals surface area contributed by atoms with Crippen LogP contribution >= 0.6 is 15.9 Å². The third kappa shape index (κ3) is 4.57. The fraction of sp³-hybridized carbons (Fsp3) is 0.647. The minimum absolute atomic E-state index is 0.743. The van der Waals surface area contributed by atoms with Crippen molar-refractivity contribution in [1.82, 2.24) is 10.2 Å². The van der Waals surface area contributed by atoms with Crippen molar-refractivity contribution in [2.24, 2.45) is 11.8 Å². The van der Waals surface area contributed by atoms with Crippen molar-refractivity contribution in [2.75, 3.05) is 20.1 Å². The molecule has 0 radical (unpaired) electrons. The molecule has 1 saturated carbocycles. The SMILES string of the molecule is CC(C)CNCC1CCC1N(C)Cc1cccc(Br)c1. The molecule has 0 aliphatic heterocycles. The highest BCUT2D eigenvalue weighted by molar-refractivity contribution is 9.10. The van der Waals surface area contributed by atoms with E-state index in [-0.39, 0.29) is 0 Å². The van der Waals surface area contributed by atoms with E-state index in [1.54, 1.807) is 0 Å². The van der Waals surface area contributed by atoms with Crippen molar-refractivity contribution >= 4 is 15.9 Å². The summed E-state index contributed by atoms with van der Waals surface area (Å²) in [6.07, 6.45) is 2.72. The van der Waals surface area contributed by atoms with Crippen LogP contribution in [0.3, 0.4) is 0 Å². The molecule has 2 nitrogen and oxygen atoms in total. The molecule has 112 valence electrons. The van der Waals surface area contributed by atoms with Crippen LogP contribution in [0.5, 0.6) is 0 Å². The molecule has 0 amide bonds. The monoisotopic (exact) mass is 338 g/mol. The number of hydrogen-bond acceptors (Lipinski definition) is 2. The zero-order valence-corrected chi connectivity index (χ0v) is 14.5. The molecule has 2 unspecified atom stereocenters. The molecule has 20 heavy (non-hydrogen) atoms. The van der Waals surface area contributed by atoms with Gasteiger partial charge in [0.2, 0.25) is 0 Å². The van der Waals surface area contributed by atoms with Crippen molar-refractivity contribution in [2.45, 2.75) is 39.3 Å². The maximum absolute atomic E-state index is 3.61. The van der Waals surface area contributed by atoms with E-state index in [9.17, 15) is 0 Å². The van der Waals surface area contributed by atoms with Crippen molar-refractivity contribution in [3.8, 4) is 0 Å². The van der Waals surface area contributed by atoms with Gasteiger partial charge in [0, 0.05) is 17.1 Å². The first-order chi connectivity index (χ1) is 9.56. The molecular formula is C17H27BrN2. The number of nitrogens with zero attached hydrogens (tertiary/aromatic N) is 1. The predicted molar refractivity (Wildman–Crippen MR) is 89.8 cm³/mol. The smallest absolute Gasteiger partial charge is 0.0234 e. The maximum atomic E-state index is 3.61. The highest BCUT2D eigenvalue weighted by Crippen LogP contribution is 2.32. The van der Waals surface area contributed by atoms with E-state index in [4.69, 9.17) is 0 Å². The highest BCUT2D eigenvalue weighted by Gasteiger charge is 2.33. The number of hydrogen-bond donors (Lipinski definition) is 1. The lowest BCUT2D eigenvalue weighted by Gasteiger charge is -2.43. The minimum atomic E-state index is 0.743. The first-order valence-electron chi connectivity index (χ1n) is 7.71. The van der Waals surface area contributed by atoms with Crippen LogP contribution in [-0.4, -0.2) is 31.1 Å². The fourth-order valence-corrected chi connectivity index (χ4v) is 3.41. The molecule has 0 heterocycles. The van der Waals surface area contributed by atoms with Gasteiger partial charge in [-0.2, -0.15) is 0 Å². The van der Waals surface area contributed by atoms with Crippen LogP contribution in [0.25, 0.3) is 0 Å². The van der Waals surface area contributed by atoms with Gasteiger partial charge < -0.3 is 5.32 Å². The standard InChI is InChI=1S/C17H27BrN2/c1-13(2)10-19-11-15-7-8-17(15)20(3)12-14-5-4-6-16(18)9-14/h4-6,9,13,15,17,19H,7-8,10-12H2,1-3H3. The summed E-state index contributed by atoms with van der Waals surface area (Å²) in [5, 5.41) is 3.61. The molecule has 0 bridgehead atoms. The normalized spacial score (nSPS) is 22.3. The molecule has 1 aromatic carbocycles. The van der Waals surface area contributed by atoms with Gasteiger partial charge in [-0.15, -0.1) is 0 Å². The topological polar surface area (TPSA) is 15.3 Å². The molecule has 0 spiro atoms. The van der Waals surface area contributed by atoms with Crippen LogP contribution in [0.4, 0.5) is 0 Å². The Hall–Kier alpha value is -0.380. The summed E-state index contributed by atoms with van der Waals surface area (Å²) in [7, 11) is 2.26. The molecular weight excluding hydrogens is 312 g/mol. The summed E-state index contributed by atoms with van der Waals surface area (Å²) in [6.45, 7) is 7.89. The number of nitrogens with one attached hydrogen (secondary N) is 1. The van der Waals surface area contributed by atoms with Gasteiger partial charge in [0.1, 0.15) is 0 Å². The van der Waals surface area contributed by atoms with E-state index in [0.29, 0.717) is 0 Å². The fourth-order valence-electron chi connectivity index (χ4n) is 2.97. The molecule has 1 fully saturated rings. The van der Waals surface area contributed by atoms with Crippen molar-refractivity contribution < 1.29 is 0 Å². The van der Waals surface area contributed by atoms with Gasteiger partial charge >= 0.3 is 0 Å². The lowest BCUT2D eigenvalue weighted by atomic mass is 9.78. The summed E-state index contributed by atoms with van der Waals surface area (Å²) >= 11 is 3.55. The number of halogens is 1. The second kappa shape index (κ2) is 7.58. The van der Waals surface area contributed by atoms with Crippen LogP contribution in [0.1, 0.15) is 32.3 Å². The van der Waals surface area contributed by atoms with Crippen LogP contribution < -0.4 is 5.32 Å². The summed E-state index contributed by atoms with van der Waals surface area (Å²) in [6, 6.07) is 9.39. The predicted octanol–water partition coefficient (Wildman–Crippen LogP) is 3.91. The molecule has 2 rings (SSSR count). The van der Waals surface area contributed by atoms with Crippen LogP contribution in [0, 0.1) is 11.8 Å². The summed E-state index contributed by atoms with van der Waals surface area (Å²) < 4.78 is 1.17. The molecule has 0 aromatic heterocycles. The molecule has 1 aliphatic rings. The zero-order chi connectivity index (χ0) is 14.5. The second-order valence-corrected chi connectivity index (χ2v) is 7.42. The second-order valence-electron chi connectivity index (χ2n) is 6.50. The highest BCUT2D eigenvalue weighted by atomic mass is 79.9. The van der Waals surface area contributed by atoms with Crippen molar-refractivity contribution in [3.63, 3.8) is 0 Å². The number of rotatable bonds is 7. The van der Waals surface area contributed by atoms with E-state index in [2.05, 4.69) is 71.3 Å². The Morgan fingerprint density at radius 2 is 2.15 bits per heavy atom. The Labute approximate surface area is 132 Å². The van der Waals surface area contributed by atoms with Crippen molar-refractivity contribution in [3.05, 3.63) is 34.3 Å². The van der Waals surface area contributed by atoms with Gasteiger partial charge in [-0.05, 0) is 62.5 Å². The Morgan fingerprint density at radius 3 is 2.75 bits per heavy atom. The Bertz CT molecular complexity index is 419. The molecule has 3 heteroatoms. The molecule has 1 aromatic rings. The van der Waals surface area contributed by atoms with E-state index < -0.39 is 0 Å². The Morgan fingerprint density at radius 1 is 1.35 bits per heavy atom. The molecule has 1 N–H and O–H groups in total. The third-order valence-corrected chi connectivity index (χ3v) is 4.72. The van der Waals surface area contributed by atoms with E-state index in [1.165, 1.54) is 29.4 Å². The summed E-state index contributed by atoms with van der Waals surface area (Å²) in [4.78, 5) is 2.52. The van der Waals surface area contributed by atoms with E-state index >= 15 is 0 Å². The van der Waals surface area contributed by atoms with Gasteiger partial charge in [-0.25, -0.2) is 0 Å². The maximum Gasteiger partial charge on any atom is 0.0234 e. The molecule has 1 aliphatic carbocycles. The lowest BCUT2D eigenvalue weighted by Crippen LogP contribution is -2.48. The quantitative estimate of drug-likeness (QED) is 0.810. The van der Waals surface area contributed by atoms with E-state index in [0.717, 1.165) is 31.0 Å². The van der Waals surface area contributed by atoms with Crippen LogP contribution in [0.15, 0.2) is 28.7 Å². The van der Waals surface area contributed by atoms with Gasteiger partial charge in [-0.3, -0.25) is 4.90 Å². The minimum Gasteiger partial charge on any atom is -0.316 e. The largest absolute Gasteiger partial charge is 0.316 e. The first-order valence-corrected chi connectivity index (χ1v) is 8.51. The third-order valence-electron chi connectivity index (χ3n) is 4.22. The lowest BCUT2D eigenvalue weighted by molar-refractivity contribution is 0.0776. The van der Waals surface area contributed by atoms with Crippen molar-refractivity contribution in [1.29, 1.82) is 0 Å². The Balaban J connectivity index is 1.79. The average molecular weight is 339 g/mol. The van der Waals surface area contributed by atoms with Crippen LogP contribution in [-0.2, 0) is 6.54 Å². The molecule has 2 atom stereocenters. The van der Waals surface area contributed by atoms with Gasteiger partial charge in [0.25, 0.3) is 0 Å². The molecule has 0 saturated heterocycles. The zero-order valence-electron chi connectivity index (χ0n) is 12.9. The van der Waals surface area contributed by atoms with Gasteiger partial charge in [0.15, 0.2) is 0 Å². The summed E-state index contributed by atoms with van der Waals surface area (Å²) in [5.41, 5.74) is 1.39.